The maximum Gasteiger partial charge on any atom is 0.200 e. The molecule has 7 heteroatoms. The molecule has 0 radical (unpaired) electrons. The lowest BCUT2D eigenvalue weighted by molar-refractivity contribution is 0.381. The minimum absolute atomic E-state index is 0.256. The van der Waals surface area contributed by atoms with Crippen LogP contribution in [0.2, 0.25) is 0 Å². The number of nitrogens with zero attached hydrogens (tertiary/aromatic N) is 2. The molecule has 0 aliphatic rings. The van der Waals surface area contributed by atoms with Gasteiger partial charge in [0.2, 0.25) is 5.82 Å². The van der Waals surface area contributed by atoms with E-state index in [-0.39, 0.29) is 5.69 Å². The van der Waals surface area contributed by atoms with Gasteiger partial charge >= 0.3 is 0 Å². The SMILES string of the molecule is Cc1ccccc1-c1ncc(-c2c(F)c(F)c(F)c(F)c2F)nc1-c1ccccc1. The van der Waals surface area contributed by atoms with Crippen molar-refractivity contribution < 1.29 is 22.0 Å². The smallest absolute Gasteiger partial charge is 0.200 e. The van der Waals surface area contributed by atoms with Gasteiger partial charge in [-0.05, 0) is 12.5 Å². The molecular formula is C23H13F5N2. The summed E-state index contributed by atoms with van der Waals surface area (Å²) in [4.78, 5) is 8.56. The predicted octanol–water partition coefficient (Wildman–Crippen LogP) is 6.48. The summed E-state index contributed by atoms with van der Waals surface area (Å²) in [5.41, 5.74) is 1.29. The van der Waals surface area contributed by atoms with E-state index in [1.165, 1.54) is 0 Å². The summed E-state index contributed by atoms with van der Waals surface area (Å²) in [5, 5.41) is 0. The number of hydrogen-bond acceptors (Lipinski definition) is 2. The Morgan fingerprint density at radius 3 is 1.83 bits per heavy atom. The number of aryl methyl sites for hydroxylation is 1. The van der Waals surface area contributed by atoms with Crippen LogP contribution in [-0.4, -0.2) is 9.97 Å². The maximum atomic E-state index is 14.3. The summed E-state index contributed by atoms with van der Waals surface area (Å²) in [6.07, 6.45) is 1.01. The Balaban J connectivity index is 2.02. The molecule has 0 aliphatic heterocycles. The Morgan fingerprint density at radius 1 is 0.633 bits per heavy atom. The lowest BCUT2D eigenvalue weighted by atomic mass is 9.99. The molecule has 0 saturated heterocycles. The highest BCUT2D eigenvalue weighted by atomic mass is 19.2. The first kappa shape index (κ1) is 19.7. The second-order valence-electron chi connectivity index (χ2n) is 6.58. The fourth-order valence-corrected chi connectivity index (χ4v) is 3.17. The fraction of sp³-hybridized carbons (Fsp3) is 0.0435. The van der Waals surface area contributed by atoms with Crippen LogP contribution < -0.4 is 0 Å². The van der Waals surface area contributed by atoms with E-state index in [0.717, 1.165) is 17.3 Å². The minimum atomic E-state index is -2.22. The van der Waals surface area contributed by atoms with Gasteiger partial charge in [-0.1, -0.05) is 54.6 Å². The van der Waals surface area contributed by atoms with Crippen molar-refractivity contribution in [3.05, 3.63) is 95.4 Å². The maximum absolute atomic E-state index is 14.3. The van der Waals surface area contributed by atoms with E-state index in [1.54, 1.807) is 36.4 Å². The summed E-state index contributed by atoms with van der Waals surface area (Å²) in [6, 6.07) is 16.0. The third-order valence-electron chi connectivity index (χ3n) is 4.69. The van der Waals surface area contributed by atoms with Gasteiger partial charge in [0.25, 0.3) is 0 Å². The Labute approximate surface area is 168 Å². The van der Waals surface area contributed by atoms with E-state index in [1.807, 2.05) is 25.1 Å². The first-order valence-corrected chi connectivity index (χ1v) is 8.90. The Hall–Kier alpha value is -3.61. The van der Waals surface area contributed by atoms with Gasteiger partial charge in [-0.25, -0.2) is 26.9 Å². The molecule has 0 N–H and O–H groups in total. The third-order valence-corrected chi connectivity index (χ3v) is 4.69. The van der Waals surface area contributed by atoms with Crippen LogP contribution in [0.15, 0.2) is 60.8 Å². The first-order valence-electron chi connectivity index (χ1n) is 8.90. The van der Waals surface area contributed by atoms with Crippen LogP contribution in [-0.2, 0) is 0 Å². The highest BCUT2D eigenvalue weighted by molar-refractivity contribution is 5.81. The lowest BCUT2D eigenvalue weighted by Gasteiger charge is -2.14. The van der Waals surface area contributed by atoms with E-state index >= 15 is 0 Å². The van der Waals surface area contributed by atoms with E-state index in [4.69, 9.17) is 0 Å². The first-order chi connectivity index (χ1) is 14.4. The molecule has 1 heterocycles. The Morgan fingerprint density at radius 2 is 1.20 bits per heavy atom. The van der Waals surface area contributed by atoms with Gasteiger partial charge in [-0.3, -0.25) is 4.98 Å². The van der Waals surface area contributed by atoms with Crippen LogP contribution in [0.4, 0.5) is 22.0 Å². The molecule has 0 unspecified atom stereocenters. The number of aromatic nitrogens is 2. The van der Waals surface area contributed by atoms with Gasteiger partial charge in [-0.2, -0.15) is 0 Å². The van der Waals surface area contributed by atoms with Gasteiger partial charge in [0.1, 0.15) is 0 Å². The summed E-state index contributed by atoms with van der Waals surface area (Å²) >= 11 is 0. The summed E-state index contributed by atoms with van der Waals surface area (Å²) in [6.45, 7) is 1.86. The summed E-state index contributed by atoms with van der Waals surface area (Å²) in [7, 11) is 0. The summed E-state index contributed by atoms with van der Waals surface area (Å²) in [5.74, 6) is -10.2. The van der Waals surface area contributed by atoms with Crippen molar-refractivity contribution in [1.29, 1.82) is 0 Å². The molecule has 150 valence electrons. The zero-order valence-corrected chi connectivity index (χ0v) is 15.6. The third kappa shape index (κ3) is 3.22. The van der Waals surface area contributed by atoms with Crippen LogP contribution in [0, 0.1) is 36.0 Å². The molecule has 0 fully saturated rings. The molecule has 1 aromatic heterocycles. The highest BCUT2D eigenvalue weighted by Crippen LogP contribution is 2.35. The molecule has 0 atom stereocenters. The molecule has 4 rings (SSSR count). The predicted molar refractivity (Wildman–Crippen MR) is 103 cm³/mol. The second kappa shape index (κ2) is 7.67. The molecule has 0 aliphatic carbocycles. The lowest BCUT2D eigenvalue weighted by Crippen LogP contribution is -2.06. The standard InChI is InChI=1S/C23H13F5N2/c1-12-7-5-6-10-14(12)23-22(13-8-3-2-4-9-13)30-15(11-29-23)16-17(24)19(26)21(28)20(27)18(16)25/h2-11H,1H3. The topological polar surface area (TPSA) is 25.8 Å². The molecule has 0 saturated carbocycles. The molecule has 2 nitrogen and oxygen atoms in total. The van der Waals surface area contributed by atoms with Gasteiger partial charge in [0.15, 0.2) is 23.3 Å². The largest absolute Gasteiger partial charge is 0.252 e. The second-order valence-corrected chi connectivity index (χ2v) is 6.58. The normalized spacial score (nSPS) is 11.0. The van der Waals surface area contributed by atoms with Crippen molar-refractivity contribution in [2.45, 2.75) is 6.92 Å². The van der Waals surface area contributed by atoms with Crippen molar-refractivity contribution in [2.24, 2.45) is 0 Å². The number of hydrogen-bond donors (Lipinski definition) is 0. The number of halogens is 5. The molecule has 30 heavy (non-hydrogen) atoms. The van der Waals surface area contributed by atoms with Crippen molar-refractivity contribution in [2.75, 3.05) is 0 Å². The zero-order valence-electron chi connectivity index (χ0n) is 15.6. The molecule has 3 aromatic carbocycles. The van der Waals surface area contributed by atoms with Crippen molar-refractivity contribution in [3.8, 4) is 33.8 Å². The van der Waals surface area contributed by atoms with E-state index in [0.29, 0.717) is 11.3 Å². The zero-order chi connectivity index (χ0) is 21.4. The number of benzene rings is 3. The highest BCUT2D eigenvalue weighted by Gasteiger charge is 2.28. The van der Waals surface area contributed by atoms with Crippen LogP contribution >= 0.6 is 0 Å². The van der Waals surface area contributed by atoms with E-state index < -0.39 is 40.3 Å². The quantitative estimate of drug-likeness (QED) is 0.219. The molecule has 0 amide bonds. The summed E-state index contributed by atoms with van der Waals surface area (Å²) < 4.78 is 69.5. The van der Waals surface area contributed by atoms with Gasteiger partial charge in [0, 0.05) is 11.1 Å². The monoisotopic (exact) mass is 412 g/mol. The van der Waals surface area contributed by atoms with Crippen molar-refractivity contribution in [1.82, 2.24) is 9.97 Å². The Kier molecular flexibility index (Phi) is 5.03. The molecule has 0 bridgehead atoms. The van der Waals surface area contributed by atoms with Crippen LogP contribution in [0.25, 0.3) is 33.8 Å². The van der Waals surface area contributed by atoms with Gasteiger partial charge < -0.3 is 0 Å². The van der Waals surface area contributed by atoms with Crippen LogP contribution in [0.1, 0.15) is 5.56 Å². The van der Waals surface area contributed by atoms with Crippen LogP contribution in [0.5, 0.6) is 0 Å². The van der Waals surface area contributed by atoms with E-state index in [2.05, 4.69) is 9.97 Å². The molecular weight excluding hydrogens is 399 g/mol. The van der Waals surface area contributed by atoms with Gasteiger partial charge in [-0.15, -0.1) is 0 Å². The molecule has 0 spiro atoms. The minimum Gasteiger partial charge on any atom is -0.252 e. The van der Waals surface area contributed by atoms with Crippen molar-refractivity contribution >= 4 is 0 Å². The fourth-order valence-electron chi connectivity index (χ4n) is 3.17. The average Bonchev–Trinajstić information content (AvgIpc) is 2.77. The van der Waals surface area contributed by atoms with E-state index in [9.17, 15) is 22.0 Å². The molecule has 4 aromatic rings. The number of rotatable bonds is 3. The van der Waals surface area contributed by atoms with Gasteiger partial charge in [0.05, 0.1) is 28.8 Å². The van der Waals surface area contributed by atoms with Crippen LogP contribution in [0.3, 0.4) is 0 Å². The average molecular weight is 412 g/mol. The van der Waals surface area contributed by atoms with Crippen molar-refractivity contribution in [3.63, 3.8) is 0 Å². The Bertz CT molecular complexity index is 1230.